The molecular formula is C9H10BrNO3S. The average Bonchev–Trinajstić information content (AvgIpc) is 2.50. The van der Waals surface area contributed by atoms with Crippen LogP contribution in [-0.2, 0) is 9.59 Å². The summed E-state index contributed by atoms with van der Waals surface area (Å²) in [5.41, 5.74) is -1.42. The highest BCUT2D eigenvalue weighted by molar-refractivity contribution is 9.11. The van der Waals surface area contributed by atoms with Crippen LogP contribution in [0.1, 0.15) is 13.8 Å². The largest absolute Gasteiger partial charge is 0.480 e. The quantitative estimate of drug-likeness (QED) is 0.841. The van der Waals surface area contributed by atoms with Gasteiger partial charge in [-0.1, -0.05) is 0 Å². The van der Waals surface area contributed by atoms with Crippen LogP contribution in [0.5, 0.6) is 0 Å². The number of thiophene rings is 1. The molecule has 0 spiro atoms. The molecular weight excluding hydrogens is 282 g/mol. The zero-order chi connectivity index (χ0) is 11.6. The second-order valence-electron chi connectivity index (χ2n) is 3.49. The van der Waals surface area contributed by atoms with Crippen molar-refractivity contribution in [3.63, 3.8) is 0 Å². The topological polar surface area (TPSA) is 66.4 Å². The van der Waals surface area contributed by atoms with Crippen LogP contribution in [0.2, 0.25) is 0 Å². The molecule has 0 atom stereocenters. The highest BCUT2D eigenvalue weighted by atomic mass is 79.9. The first-order valence-corrected chi connectivity index (χ1v) is 5.75. The highest BCUT2D eigenvalue weighted by Crippen LogP contribution is 2.28. The second-order valence-corrected chi connectivity index (χ2v) is 5.95. The lowest BCUT2D eigenvalue weighted by Gasteiger charge is -2.17. The Morgan fingerprint density at radius 1 is 1.47 bits per heavy atom. The van der Waals surface area contributed by atoms with Crippen molar-refractivity contribution in [3.05, 3.63) is 15.9 Å². The monoisotopic (exact) mass is 291 g/mol. The van der Waals surface area contributed by atoms with Crippen molar-refractivity contribution in [1.29, 1.82) is 0 Å². The van der Waals surface area contributed by atoms with Gasteiger partial charge in [-0.05, 0) is 41.9 Å². The zero-order valence-electron chi connectivity index (χ0n) is 8.20. The second kappa shape index (κ2) is 4.32. The summed E-state index contributed by atoms with van der Waals surface area (Å²) in [6.07, 6.45) is 0. The molecule has 1 aromatic heterocycles. The van der Waals surface area contributed by atoms with Crippen molar-refractivity contribution in [1.82, 2.24) is 0 Å². The fourth-order valence-corrected chi connectivity index (χ4v) is 2.03. The minimum Gasteiger partial charge on any atom is -0.480 e. The number of nitrogens with one attached hydrogen (secondary N) is 1. The minimum atomic E-state index is -1.42. The molecule has 1 amide bonds. The van der Waals surface area contributed by atoms with E-state index >= 15 is 0 Å². The number of halogens is 1. The number of hydrogen-bond donors (Lipinski definition) is 2. The number of hydrogen-bond acceptors (Lipinski definition) is 3. The van der Waals surface area contributed by atoms with E-state index < -0.39 is 17.3 Å². The molecule has 2 N–H and O–H groups in total. The molecule has 0 saturated carbocycles. The van der Waals surface area contributed by atoms with E-state index in [9.17, 15) is 9.59 Å². The molecule has 0 aliphatic heterocycles. The maximum Gasteiger partial charge on any atom is 0.318 e. The van der Waals surface area contributed by atoms with Gasteiger partial charge >= 0.3 is 5.97 Å². The molecule has 6 heteroatoms. The van der Waals surface area contributed by atoms with Crippen molar-refractivity contribution < 1.29 is 14.7 Å². The van der Waals surface area contributed by atoms with Gasteiger partial charge in [0.1, 0.15) is 5.41 Å². The smallest absolute Gasteiger partial charge is 0.318 e. The van der Waals surface area contributed by atoms with Gasteiger partial charge in [0.2, 0.25) is 5.91 Å². The molecule has 0 aliphatic carbocycles. The normalized spacial score (nSPS) is 11.1. The molecule has 0 saturated heterocycles. The number of amides is 1. The summed E-state index contributed by atoms with van der Waals surface area (Å²) in [4.78, 5) is 22.4. The summed E-state index contributed by atoms with van der Waals surface area (Å²) in [6, 6.07) is 3.50. The maximum absolute atomic E-state index is 11.6. The van der Waals surface area contributed by atoms with Crippen LogP contribution in [0.25, 0.3) is 0 Å². The summed E-state index contributed by atoms with van der Waals surface area (Å²) in [5, 5.41) is 12.0. The van der Waals surface area contributed by atoms with Gasteiger partial charge in [0, 0.05) is 0 Å². The van der Waals surface area contributed by atoms with Crippen LogP contribution in [0.4, 0.5) is 5.00 Å². The number of anilines is 1. The number of aliphatic carboxylic acids is 1. The van der Waals surface area contributed by atoms with Gasteiger partial charge in [-0.3, -0.25) is 9.59 Å². The van der Waals surface area contributed by atoms with Crippen molar-refractivity contribution >= 4 is 44.1 Å². The van der Waals surface area contributed by atoms with E-state index in [2.05, 4.69) is 21.2 Å². The Hall–Kier alpha value is -0.880. The zero-order valence-corrected chi connectivity index (χ0v) is 10.6. The number of rotatable bonds is 3. The van der Waals surface area contributed by atoms with Crippen LogP contribution in [-0.4, -0.2) is 17.0 Å². The fraction of sp³-hybridized carbons (Fsp3) is 0.333. The number of carboxylic acids is 1. The fourth-order valence-electron chi connectivity index (χ4n) is 0.747. The summed E-state index contributed by atoms with van der Waals surface area (Å²) in [5.74, 6) is -1.67. The lowest BCUT2D eigenvalue weighted by Crippen LogP contribution is -2.37. The Labute approximate surface area is 99.4 Å². The van der Waals surface area contributed by atoms with E-state index in [1.54, 1.807) is 12.1 Å². The Balaban J connectivity index is 2.76. The lowest BCUT2D eigenvalue weighted by molar-refractivity contribution is -0.151. The third kappa shape index (κ3) is 2.79. The van der Waals surface area contributed by atoms with E-state index in [4.69, 9.17) is 5.11 Å². The molecule has 0 bridgehead atoms. The van der Waals surface area contributed by atoms with Gasteiger partial charge in [0.25, 0.3) is 0 Å². The first kappa shape index (κ1) is 12.2. The molecule has 0 fully saturated rings. The molecule has 1 aromatic rings. The number of carbonyl (C=O) groups is 2. The van der Waals surface area contributed by atoms with Gasteiger partial charge in [-0.2, -0.15) is 0 Å². The highest BCUT2D eigenvalue weighted by Gasteiger charge is 2.36. The van der Waals surface area contributed by atoms with Crippen LogP contribution >= 0.6 is 27.3 Å². The third-order valence-electron chi connectivity index (χ3n) is 1.91. The van der Waals surface area contributed by atoms with E-state index in [-0.39, 0.29) is 0 Å². The molecule has 0 aliphatic rings. The standard InChI is InChI=1S/C9H10BrNO3S/c1-9(2,8(13)14)7(12)11-6-4-3-5(10)15-6/h3-4H,1-2H3,(H,11,12)(H,13,14). The van der Waals surface area contributed by atoms with Crippen molar-refractivity contribution in [2.45, 2.75) is 13.8 Å². The van der Waals surface area contributed by atoms with E-state index in [0.29, 0.717) is 5.00 Å². The maximum atomic E-state index is 11.6. The number of carboxylic acid groups (broad SMARTS) is 1. The third-order valence-corrected chi connectivity index (χ3v) is 3.45. The molecule has 15 heavy (non-hydrogen) atoms. The first-order valence-electron chi connectivity index (χ1n) is 4.14. The SMILES string of the molecule is CC(C)(C(=O)O)C(=O)Nc1ccc(Br)s1. The average molecular weight is 292 g/mol. The van der Waals surface area contributed by atoms with Crippen molar-refractivity contribution in [3.8, 4) is 0 Å². The van der Waals surface area contributed by atoms with Gasteiger partial charge in [0.05, 0.1) is 8.79 Å². The Bertz CT molecular complexity index is 400. The Kier molecular flexibility index (Phi) is 3.51. The lowest BCUT2D eigenvalue weighted by atomic mass is 9.93. The molecule has 0 radical (unpaired) electrons. The predicted molar refractivity (Wildman–Crippen MR) is 62.1 cm³/mol. The Morgan fingerprint density at radius 3 is 2.47 bits per heavy atom. The van der Waals surface area contributed by atoms with Crippen LogP contribution < -0.4 is 5.32 Å². The van der Waals surface area contributed by atoms with Crippen LogP contribution in [0, 0.1) is 5.41 Å². The van der Waals surface area contributed by atoms with Gasteiger partial charge in [-0.15, -0.1) is 11.3 Å². The van der Waals surface area contributed by atoms with E-state index in [1.807, 2.05) is 0 Å². The van der Waals surface area contributed by atoms with Crippen molar-refractivity contribution in [2.24, 2.45) is 5.41 Å². The predicted octanol–water partition coefficient (Wildman–Crippen LogP) is 2.56. The molecule has 1 heterocycles. The first-order chi connectivity index (χ1) is 6.84. The molecule has 0 aromatic carbocycles. The van der Waals surface area contributed by atoms with Gasteiger partial charge in [-0.25, -0.2) is 0 Å². The summed E-state index contributed by atoms with van der Waals surface area (Å²) in [6.45, 7) is 2.74. The molecule has 4 nitrogen and oxygen atoms in total. The minimum absolute atomic E-state index is 0.524. The summed E-state index contributed by atoms with van der Waals surface area (Å²) in [7, 11) is 0. The number of carbonyl (C=O) groups excluding carboxylic acids is 1. The molecule has 1 rings (SSSR count). The van der Waals surface area contributed by atoms with E-state index in [1.165, 1.54) is 25.2 Å². The Morgan fingerprint density at radius 2 is 2.07 bits per heavy atom. The van der Waals surface area contributed by atoms with Gasteiger partial charge < -0.3 is 10.4 Å². The molecule has 82 valence electrons. The van der Waals surface area contributed by atoms with Gasteiger partial charge in [0.15, 0.2) is 0 Å². The summed E-state index contributed by atoms with van der Waals surface area (Å²) >= 11 is 4.59. The summed E-state index contributed by atoms with van der Waals surface area (Å²) < 4.78 is 0.880. The van der Waals surface area contributed by atoms with Crippen LogP contribution in [0.15, 0.2) is 15.9 Å². The molecule has 0 unspecified atom stereocenters. The van der Waals surface area contributed by atoms with E-state index in [0.717, 1.165) is 3.79 Å². The van der Waals surface area contributed by atoms with Crippen molar-refractivity contribution in [2.75, 3.05) is 5.32 Å². The van der Waals surface area contributed by atoms with Crippen LogP contribution in [0.3, 0.4) is 0 Å².